The predicted octanol–water partition coefficient (Wildman–Crippen LogP) is 1.94. The molecule has 3 heterocycles. The Morgan fingerprint density at radius 2 is 1.92 bits per heavy atom. The topological polar surface area (TPSA) is 85.4 Å². The largest absolute Gasteiger partial charge is 0.446 e. The zero-order chi connectivity index (χ0) is 17.4. The van der Waals surface area contributed by atoms with Crippen molar-refractivity contribution in [3.05, 3.63) is 46.3 Å². The van der Waals surface area contributed by atoms with Crippen molar-refractivity contribution in [2.45, 2.75) is 49.7 Å². The van der Waals surface area contributed by atoms with Gasteiger partial charge in [0.25, 0.3) is 15.6 Å². The van der Waals surface area contributed by atoms with E-state index in [9.17, 15) is 13.2 Å². The van der Waals surface area contributed by atoms with Crippen LogP contribution >= 0.6 is 0 Å². The van der Waals surface area contributed by atoms with Crippen molar-refractivity contribution in [3.63, 3.8) is 0 Å². The maximum Gasteiger partial charge on any atom is 0.276 e. The molecule has 2 aromatic rings. The number of aromatic nitrogens is 2. The summed E-state index contributed by atoms with van der Waals surface area (Å²) in [7, 11) is -3.57. The number of hydrogen-bond acceptors (Lipinski definition) is 5. The minimum absolute atomic E-state index is 0.0588. The van der Waals surface area contributed by atoms with E-state index in [0.717, 1.165) is 31.4 Å². The van der Waals surface area contributed by atoms with Crippen LogP contribution in [-0.4, -0.2) is 35.4 Å². The van der Waals surface area contributed by atoms with E-state index in [1.807, 2.05) is 0 Å². The van der Waals surface area contributed by atoms with E-state index in [0.29, 0.717) is 24.8 Å². The first kappa shape index (κ1) is 16.5. The molecule has 2 aliphatic rings. The molecule has 134 valence electrons. The molecule has 0 amide bonds. The maximum absolute atomic E-state index is 12.5. The van der Waals surface area contributed by atoms with Crippen LogP contribution in [-0.2, 0) is 16.6 Å². The highest BCUT2D eigenvalue weighted by Gasteiger charge is 2.30. The van der Waals surface area contributed by atoms with Gasteiger partial charge in [-0.15, -0.1) is 0 Å². The minimum atomic E-state index is -3.57. The molecule has 7 nitrogen and oxygen atoms in total. The summed E-state index contributed by atoms with van der Waals surface area (Å²) < 4.78 is 33.3. The Morgan fingerprint density at radius 3 is 2.56 bits per heavy atom. The van der Waals surface area contributed by atoms with Gasteiger partial charge in [0.15, 0.2) is 0 Å². The molecule has 1 aliphatic heterocycles. The fourth-order valence-electron chi connectivity index (χ4n) is 3.29. The number of rotatable bonds is 5. The molecule has 4 rings (SSSR count). The molecule has 2 aromatic heterocycles. The molecule has 0 bridgehead atoms. The van der Waals surface area contributed by atoms with Crippen LogP contribution in [0, 0.1) is 0 Å². The number of furan rings is 1. The predicted molar refractivity (Wildman–Crippen MR) is 90.9 cm³/mol. The molecule has 0 unspecified atom stereocenters. The molecule has 1 saturated carbocycles. The van der Waals surface area contributed by atoms with Gasteiger partial charge in [-0.2, -0.15) is 4.31 Å². The Morgan fingerprint density at radius 1 is 1.16 bits per heavy atom. The van der Waals surface area contributed by atoms with Gasteiger partial charge in [0.1, 0.15) is 5.76 Å². The van der Waals surface area contributed by atoms with Gasteiger partial charge in [0, 0.05) is 25.1 Å². The summed E-state index contributed by atoms with van der Waals surface area (Å²) >= 11 is 0. The van der Waals surface area contributed by atoms with Crippen LogP contribution in [0.15, 0.2) is 38.8 Å². The molecule has 1 saturated heterocycles. The Labute approximate surface area is 146 Å². The van der Waals surface area contributed by atoms with Crippen LogP contribution in [0.3, 0.4) is 0 Å². The van der Waals surface area contributed by atoms with Crippen molar-refractivity contribution in [1.82, 2.24) is 13.9 Å². The molecular formula is C17H21N3O4S. The van der Waals surface area contributed by atoms with Gasteiger partial charge in [-0.1, -0.05) is 6.42 Å². The molecular weight excluding hydrogens is 342 g/mol. The van der Waals surface area contributed by atoms with Crippen molar-refractivity contribution in [3.8, 4) is 0 Å². The fraction of sp³-hybridized carbons (Fsp3) is 0.529. The average Bonchev–Trinajstić information content (AvgIpc) is 3.20. The van der Waals surface area contributed by atoms with Crippen molar-refractivity contribution in [1.29, 1.82) is 0 Å². The molecule has 0 atom stereocenters. The third-order valence-corrected chi connectivity index (χ3v) is 6.82. The van der Waals surface area contributed by atoms with Gasteiger partial charge in [-0.25, -0.2) is 13.4 Å². The van der Waals surface area contributed by atoms with E-state index in [1.54, 1.807) is 12.1 Å². The summed E-state index contributed by atoms with van der Waals surface area (Å²) in [5, 5.41) is -0.0588. The Bertz CT molecular complexity index is 921. The van der Waals surface area contributed by atoms with Gasteiger partial charge in [0.2, 0.25) is 5.09 Å². The zero-order valence-electron chi connectivity index (χ0n) is 13.9. The molecule has 0 N–H and O–H groups in total. The molecule has 1 aliphatic carbocycles. The first-order valence-corrected chi connectivity index (χ1v) is 10.1. The Kier molecular flexibility index (Phi) is 4.24. The van der Waals surface area contributed by atoms with Gasteiger partial charge < -0.3 is 4.42 Å². The van der Waals surface area contributed by atoms with E-state index in [2.05, 4.69) is 4.98 Å². The zero-order valence-corrected chi connectivity index (χ0v) is 14.7. The van der Waals surface area contributed by atoms with Crippen molar-refractivity contribution >= 4 is 10.0 Å². The molecule has 0 radical (unpaired) electrons. The van der Waals surface area contributed by atoms with Crippen molar-refractivity contribution < 1.29 is 12.8 Å². The molecule has 8 heteroatoms. The first-order valence-electron chi connectivity index (χ1n) is 8.69. The smallest absolute Gasteiger partial charge is 0.276 e. The van der Waals surface area contributed by atoms with Crippen molar-refractivity contribution in [2.24, 2.45) is 0 Å². The molecule has 25 heavy (non-hydrogen) atoms. The van der Waals surface area contributed by atoms with E-state index in [4.69, 9.17) is 4.42 Å². The van der Waals surface area contributed by atoms with Gasteiger partial charge in [0.05, 0.1) is 18.6 Å². The summed E-state index contributed by atoms with van der Waals surface area (Å²) in [6.07, 6.45) is 6.64. The lowest BCUT2D eigenvalue weighted by Gasteiger charge is -2.24. The summed E-state index contributed by atoms with van der Waals surface area (Å²) in [5.74, 6) is 0.834. The van der Waals surface area contributed by atoms with E-state index in [1.165, 1.54) is 27.7 Å². The van der Waals surface area contributed by atoms with E-state index < -0.39 is 10.0 Å². The highest BCUT2D eigenvalue weighted by Crippen LogP contribution is 2.34. The summed E-state index contributed by atoms with van der Waals surface area (Å²) in [4.78, 5) is 16.6. The lowest BCUT2D eigenvalue weighted by molar-refractivity contribution is 0.381. The Hall–Kier alpha value is -1.93. The molecule has 0 spiro atoms. The maximum atomic E-state index is 12.5. The fourth-order valence-corrected chi connectivity index (χ4v) is 4.74. The normalized spacial score (nSPS) is 19.2. The second-order valence-electron chi connectivity index (χ2n) is 6.74. The first-order chi connectivity index (χ1) is 12.0. The average molecular weight is 363 g/mol. The number of nitrogens with zero attached hydrogens (tertiary/aromatic N) is 3. The second kappa shape index (κ2) is 6.42. The number of sulfonamides is 1. The van der Waals surface area contributed by atoms with Crippen LogP contribution in [0.1, 0.15) is 49.5 Å². The minimum Gasteiger partial charge on any atom is -0.446 e. The van der Waals surface area contributed by atoms with Gasteiger partial charge >= 0.3 is 0 Å². The second-order valence-corrected chi connectivity index (χ2v) is 8.61. The van der Waals surface area contributed by atoms with E-state index >= 15 is 0 Å². The van der Waals surface area contributed by atoms with Crippen LogP contribution in [0.4, 0.5) is 0 Å². The SMILES string of the molecule is O=c1cc(C2CCC2)ncn1Cc1ccc(S(=O)(=O)N2CCCC2)o1. The quantitative estimate of drug-likeness (QED) is 0.810. The number of hydrogen-bond donors (Lipinski definition) is 0. The van der Waals surface area contributed by atoms with Crippen LogP contribution in [0.5, 0.6) is 0 Å². The van der Waals surface area contributed by atoms with Gasteiger partial charge in [-0.3, -0.25) is 9.36 Å². The lowest BCUT2D eigenvalue weighted by atomic mass is 9.83. The van der Waals surface area contributed by atoms with Crippen molar-refractivity contribution in [2.75, 3.05) is 13.1 Å². The lowest BCUT2D eigenvalue weighted by Crippen LogP contribution is -2.27. The summed E-state index contributed by atoms with van der Waals surface area (Å²) in [6.45, 7) is 1.24. The van der Waals surface area contributed by atoms with E-state index in [-0.39, 0.29) is 17.2 Å². The molecule has 0 aromatic carbocycles. The summed E-state index contributed by atoms with van der Waals surface area (Å²) in [6, 6.07) is 4.65. The Balaban J connectivity index is 1.52. The molecule has 2 fully saturated rings. The standard InChI is InChI=1S/C17H21N3O4S/c21-16-10-15(13-4-3-5-13)18-12-19(16)11-14-6-7-17(24-14)25(22,23)20-8-1-2-9-20/h6-7,10,12-13H,1-5,8-9,11H2. The highest BCUT2D eigenvalue weighted by atomic mass is 32.2. The van der Waals surface area contributed by atoms with Crippen LogP contribution in [0.2, 0.25) is 0 Å². The third-order valence-electron chi connectivity index (χ3n) is 5.05. The van der Waals surface area contributed by atoms with Crippen LogP contribution < -0.4 is 5.56 Å². The third kappa shape index (κ3) is 3.16. The monoisotopic (exact) mass is 363 g/mol. The highest BCUT2D eigenvalue weighted by molar-refractivity contribution is 7.89. The van der Waals surface area contributed by atoms with Gasteiger partial charge in [-0.05, 0) is 37.8 Å². The van der Waals surface area contributed by atoms with Crippen LogP contribution in [0.25, 0.3) is 0 Å². The summed E-state index contributed by atoms with van der Waals surface area (Å²) in [5.41, 5.74) is 0.710.